The highest BCUT2D eigenvalue weighted by Crippen LogP contribution is 2.23. The lowest BCUT2D eigenvalue weighted by Crippen LogP contribution is -2.28. The summed E-state index contributed by atoms with van der Waals surface area (Å²) in [6.45, 7) is 1.22. The molecular formula is C14H23ClN2O3. The smallest absolute Gasteiger partial charge is 0.223 e. The zero-order chi connectivity index (χ0) is 14.3. The van der Waals surface area contributed by atoms with Crippen molar-refractivity contribution in [3.05, 3.63) is 23.8 Å². The molecule has 0 spiro atoms. The van der Waals surface area contributed by atoms with Gasteiger partial charge < -0.3 is 19.7 Å². The Morgan fingerprint density at radius 1 is 1.20 bits per heavy atom. The zero-order valence-electron chi connectivity index (χ0n) is 12.4. The normalized spacial score (nSPS) is 9.60. The van der Waals surface area contributed by atoms with Crippen LogP contribution in [0.4, 0.5) is 0 Å². The van der Waals surface area contributed by atoms with Crippen molar-refractivity contribution in [2.75, 3.05) is 34.9 Å². The van der Waals surface area contributed by atoms with Gasteiger partial charge in [-0.05, 0) is 24.7 Å². The van der Waals surface area contributed by atoms with Gasteiger partial charge in [0.05, 0.1) is 14.2 Å². The second-order valence-electron chi connectivity index (χ2n) is 4.32. The molecule has 0 atom stereocenters. The monoisotopic (exact) mass is 302 g/mol. The van der Waals surface area contributed by atoms with Crippen LogP contribution >= 0.6 is 12.4 Å². The lowest BCUT2D eigenvalue weighted by atomic mass is 10.2. The molecule has 0 aromatic heterocycles. The molecule has 1 aromatic rings. The van der Waals surface area contributed by atoms with Gasteiger partial charge in [-0.3, -0.25) is 4.79 Å². The molecule has 0 fully saturated rings. The fraction of sp³-hybridized carbons (Fsp3) is 0.500. The Bertz CT molecular complexity index is 405. The van der Waals surface area contributed by atoms with Crippen molar-refractivity contribution in [2.24, 2.45) is 0 Å². The number of nitrogens with zero attached hydrogens (tertiary/aromatic N) is 1. The molecule has 0 saturated heterocycles. The summed E-state index contributed by atoms with van der Waals surface area (Å²) in [7, 11) is 6.85. The van der Waals surface area contributed by atoms with Crippen LogP contribution in [-0.2, 0) is 11.3 Å². The minimum absolute atomic E-state index is 0. The van der Waals surface area contributed by atoms with Crippen molar-refractivity contribution >= 4 is 18.3 Å². The van der Waals surface area contributed by atoms with Gasteiger partial charge in [0, 0.05) is 32.6 Å². The summed E-state index contributed by atoms with van der Waals surface area (Å²) in [5, 5.41) is 2.97. The zero-order valence-corrected chi connectivity index (χ0v) is 13.3. The van der Waals surface area contributed by atoms with Crippen molar-refractivity contribution in [1.82, 2.24) is 10.2 Å². The maximum Gasteiger partial charge on any atom is 0.223 e. The van der Waals surface area contributed by atoms with Crippen molar-refractivity contribution in [1.29, 1.82) is 0 Å². The highest BCUT2D eigenvalue weighted by atomic mass is 35.5. The number of carbonyl (C=O) groups excluding carboxylic acids is 1. The van der Waals surface area contributed by atoms with Gasteiger partial charge in [-0.2, -0.15) is 0 Å². The third-order valence-electron chi connectivity index (χ3n) is 2.85. The predicted molar refractivity (Wildman–Crippen MR) is 81.8 cm³/mol. The van der Waals surface area contributed by atoms with Crippen molar-refractivity contribution in [3.63, 3.8) is 0 Å². The predicted octanol–water partition coefficient (Wildman–Crippen LogP) is 1.69. The molecule has 6 heteroatoms. The van der Waals surface area contributed by atoms with E-state index >= 15 is 0 Å². The second kappa shape index (κ2) is 9.44. The number of amides is 1. The molecule has 114 valence electrons. The molecule has 0 bridgehead atoms. The molecule has 1 rings (SSSR count). The molecule has 0 aliphatic carbocycles. The van der Waals surface area contributed by atoms with Gasteiger partial charge in [0.1, 0.15) is 11.5 Å². The number of rotatable bonds is 7. The first-order valence-corrected chi connectivity index (χ1v) is 6.21. The van der Waals surface area contributed by atoms with Crippen LogP contribution in [-0.4, -0.2) is 45.7 Å². The lowest BCUT2D eigenvalue weighted by Gasteiger charge is -2.18. The molecule has 1 N–H and O–H groups in total. The van der Waals surface area contributed by atoms with E-state index in [0.29, 0.717) is 19.5 Å². The summed E-state index contributed by atoms with van der Waals surface area (Å²) in [6, 6.07) is 5.63. The summed E-state index contributed by atoms with van der Waals surface area (Å²) >= 11 is 0. The highest BCUT2D eigenvalue weighted by molar-refractivity contribution is 5.85. The van der Waals surface area contributed by atoms with Gasteiger partial charge in [-0.15, -0.1) is 12.4 Å². The first kappa shape index (κ1) is 18.5. The van der Waals surface area contributed by atoms with E-state index in [1.165, 1.54) is 0 Å². The summed E-state index contributed by atoms with van der Waals surface area (Å²) in [6.07, 6.45) is 0.494. The van der Waals surface area contributed by atoms with Crippen molar-refractivity contribution < 1.29 is 14.3 Å². The second-order valence-corrected chi connectivity index (χ2v) is 4.32. The van der Waals surface area contributed by atoms with E-state index in [4.69, 9.17) is 9.47 Å². The molecule has 1 amide bonds. The van der Waals surface area contributed by atoms with Gasteiger partial charge in [-0.25, -0.2) is 0 Å². The fourth-order valence-electron chi connectivity index (χ4n) is 1.74. The molecule has 0 unspecified atom stereocenters. The molecular weight excluding hydrogens is 280 g/mol. The Kier molecular flexibility index (Phi) is 8.76. The summed E-state index contributed by atoms with van der Waals surface area (Å²) < 4.78 is 10.4. The number of carbonyl (C=O) groups is 1. The van der Waals surface area contributed by atoms with E-state index in [-0.39, 0.29) is 18.3 Å². The van der Waals surface area contributed by atoms with Crippen LogP contribution in [0, 0.1) is 0 Å². The first-order valence-electron chi connectivity index (χ1n) is 6.21. The summed E-state index contributed by atoms with van der Waals surface area (Å²) in [5.41, 5.74) is 0.983. The molecule has 0 aliphatic rings. The first-order chi connectivity index (χ1) is 9.10. The number of hydrogen-bond donors (Lipinski definition) is 1. The number of halogens is 1. The Labute approximate surface area is 126 Å². The van der Waals surface area contributed by atoms with Crippen LogP contribution in [0.15, 0.2) is 18.2 Å². The third kappa shape index (κ3) is 5.67. The van der Waals surface area contributed by atoms with E-state index in [0.717, 1.165) is 17.1 Å². The highest BCUT2D eigenvalue weighted by Gasteiger charge is 2.10. The van der Waals surface area contributed by atoms with Crippen molar-refractivity contribution in [2.45, 2.75) is 13.0 Å². The molecule has 5 nitrogen and oxygen atoms in total. The van der Waals surface area contributed by atoms with Gasteiger partial charge in [0.15, 0.2) is 0 Å². The topological polar surface area (TPSA) is 50.8 Å². The van der Waals surface area contributed by atoms with Gasteiger partial charge in [0.25, 0.3) is 0 Å². The van der Waals surface area contributed by atoms with Crippen LogP contribution in [0.5, 0.6) is 11.5 Å². The lowest BCUT2D eigenvalue weighted by molar-refractivity contribution is -0.130. The van der Waals surface area contributed by atoms with Crippen LogP contribution in [0.2, 0.25) is 0 Å². The third-order valence-corrected chi connectivity index (χ3v) is 2.85. The van der Waals surface area contributed by atoms with E-state index in [1.54, 1.807) is 26.2 Å². The molecule has 0 aliphatic heterocycles. The van der Waals surface area contributed by atoms with Crippen LogP contribution < -0.4 is 14.8 Å². The summed E-state index contributed by atoms with van der Waals surface area (Å²) in [5.74, 6) is 1.56. The standard InChI is InChI=1S/C14H22N2O3.ClH/c1-15-6-5-14(17)16(2)10-11-7-12(18-3)9-13(8-11)19-4;/h7-9,15H,5-6,10H2,1-4H3;1H. The molecule has 0 heterocycles. The average Bonchev–Trinajstić information content (AvgIpc) is 2.43. The van der Waals surface area contributed by atoms with Crippen molar-refractivity contribution in [3.8, 4) is 11.5 Å². The Balaban J connectivity index is 0.00000361. The number of methoxy groups -OCH3 is 2. The quantitative estimate of drug-likeness (QED) is 0.833. The maximum absolute atomic E-state index is 11.8. The van der Waals surface area contributed by atoms with Crippen LogP contribution in [0.1, 0.15) is 12.0 Å². The van der Waals surface area contributed by atoms with Gasteiger partial charge >= 0.3 is 0 Å². The minimum Gasteiger partial charge on any atom is -0.497 e. The Hall–Kier alpha value is -1.46. The van der Waals surface area contributed by atoms with E-state index in [9.17, 15) is 4.79 Å². The summed E-state index contributed by atoms with van der Waals surface area (Å²) in [4.78, 5) is 13.5. The molecule has 20 heavy (non-hydrogen) atoms. The Morgan fingerprint density at radius 3 is 2.20 bits per heavy atom. The van der Waals surface area contributed by atoms with Crippen LogP contribution in [0.3, 0.4) is 0 Å². The molecule has 1 aromatic carbocycles. The fourth-order valence-corrected chi connectivity index (χ4v) is 1.74. The van der Waals surface area contributed by atoms with Gasteiger partial charge in [0.2, 0.25) is 5.91 Å². The number of benzene rings is 1. The number of ether oxygens (including phenoxy) is 2. The minimum atomic E-state index is 0. The maximum atomic E-state index is 11.8. The number of nitrogens with one attached hydrogen (secondary N) is 1. The van der Waals surface area contributed by atoms with E-state index in [2.05, 4.69) is 5.32 Å². The Morgan fingerprint density at radius 2 is 1.75 bits per heavy atom. The van der Waals surface area contributed by atoms with Gasteiger partial charge in [-0.1, -0.05) is 0 Å². The van der Waals surface area contributed by atoms with E-state index < -0.39 is 0 Å². The number of hydrogen-bond acceptors (Lipinski definition) is 4. The molecule has 0 saturated carbocycles. The SMILES string of the molecule is CNCCC(=O)N(C)Cc1cc(OC)cc(OC)c1.Cl. The van der Waals surface area contributed by atoms with E-state index in [1.807, 2.05) is 25.2 Å². The molecule has 0 radical (unpaired) electrons. The van der Waals surface area contributed by atoms with Crippen LogP contribution in [0.25, 0.3) is 0 Å². The average molecular weight is 303 g/mol. The largest absolute Gasteiger partial charge is 0.497 e.